The predicted octanol–water partition coefficient (Wildman–Crippen LogP) is 6.78. The van der Waals surface area contributed by atoms with Crippen molar-refractivity contribution in [2.75, 3.05) is 0 Å². The molecule has 2 rings (SSSR count). The van der Waals surface area contributed by atoms with Gasteiger partial charge >= 0.3 is 162 Å². The molecule has 0 amide bonds. The van der Waals surface area contributed by atoms with Gasteiger partial charge in [0.25, 0.3) is 0 Å². The number of halogens is 2. The minimum absolute atomic E-state index is 0.149. The van der Waals surface area contributed by atoms with Gasteiger partial charge in [-0.25, -0.2) is 0 Å². The molecule has 0 N–H and O–H groups in total. The van der Waals surface area contributed by atoms with Crippen LogP contribution in [0.1, 0.15) is 63.8 Å². The van der Waals surface area contributed by atoms with Crippen LogP contribution in [0.2, 0.25) is 0 Å². The average molecular weight is 441 g/mol. The third-order valence-corrected chi connectivity index (χ3v) is 8.85. The first kappa shape index (κ1) is 20.1. The fraction of sp³-hybridized carbons (Fsp3) is 0.381. The van der Waals surface area contributed by atoms with Gasteiger partial charge in [-0.2, -0.15) is 0 Å². The van der Waals surface area contributed by atoms with Crippen LogP contribution in [0.15, 0.2) is 48.5 Å². The molecule has 2 aromatic rings. The Balaban J connectivity index is 2.43. The number of benzene rings is 2. The summed E-state index contributed by atoms with van der Waals surface area (Å²) in [6.07, 6.45) is 0. The van der Waals surface area contributed by atoms with Crippen LogP contribution in [0.25, 0.3) is 0 Å². The van der Waals surface area contributed by atoms with Gasteiger partial charge in [0.1, 0.15) is 0 Å². The third kappa shape index (κ3) is 4.90. The van der Waals surface area contributed by atoms with Gasteiger partial charge in [-0.3, -0.25) is 0 Å². The maximum absolute atomic E-state index is 6.50. The van der Waals surface area contributed by atoms with E-state index < -0.39 is 18.9 Å². The molecule has 0 nitrogen and oxygen atoms in total. The molecule has 0 aliphatic carbocycles. The van der Waals surface area contributed by atoms with E-state index in [2.05, 4.69) is 90.1 Å². The Bertz CT molecular complexity index is 664. The summed E-state index contributed by atoms with van der Waals surface area (Å²) in [7, 11) is 13.0. The molecule has 128 valence electrons. The summed E-state index contributed by atoms with van der Waals surface area (Å²) in [6, 6.07) is 17.4. The molecule has 0 aliphatic heterocycles. The van der Waals surface area contributed by atoms with Gasteiger partial charge in [-0.05, 0) is 0 Å². The van der Waals surface area contributed by atoms with Crippen molar-refractivity contribution in [3.05, 3.63) is 70.8 Å². The molecule has 0 fully saturated rings. The van der Waals surface area contributed by atoms with Crippen molar-refractivity contribution in [2.45, 2.75) is 52.4 Å². The first-order chi connectivity index (χ1) is 11.0. The molecule has 0 spiro atoms. The van der Waals surface area contributed by atoms with Crippen LogP contribution in [-0.2, 0) is 29.7 Å². The van der Waals surface area contributed by atoms with Gasteiger partial charge in [0.05, 0.1) is 0 Å². The van der Waals surface area contributed by atoms with Crippen LogP contribution in [0, 0.1) is 0 Å². The van der Waals surface area contributed by atoms with Crippen molar-refractivity contribution in [1.82, 2.24) is 0 Å². The van der Waals surface area contributed by atoms with Crippen molar-refractivity contribution < 1.29 is 18.9 Å². The third-order valence-electron chi connectivity index (χ3n) is 4.27. The Morgan fingerprint density at radius 1 is 0.625 bits per heavy atom. The maximum atomic E-state index is 6.50. The number of hydrogen-bond donors (Lipinski definition) is 0. The summed E-state index contributed by atoms with van der Waals surface area (Å²) in [5, 5.41) is 0. The standard InChI is InChI=1S/C21H26.2ClH.Zr/c1-20(2,3)18-11-7-16(8-12-18)15-17-9-13-19(14-10-17)21(4,5)6;;;/h7-14H,1-6H3;2*1H;/q;;;+2/p-2. The van der Waals surface area contributed by atoms with E-state index in [9.17, 15) is 0 Å². The molecule has 0 radical (unpaired) electrons. The van der Waals surface area contributed by atoms with E-state index in [1.165, 1.54) is 11.1 Å². The Labute approximate surface area is 161 Å². The Hall–Kier alpha value is -0.227. The topological polar surface area (TPSA) is 0 Å². The zero-order valence-electron chi connectivity index (χ0n) is 15.4. The molecule has 3 heteroatoms. The van der Waals surface area contributed by atoms with Gasteiger partial charge in [0.2, 0.25) is 0 Å². The van der Waals surface area contributed by atoms with Crippen LogP contribution in [0.4, 0.5) is 0 Å². The second-order valence-corrected chi connectivity index (χ2v) is 16.4. The molecular weight excluding hydrogens is 414 g/mol. The van der Waals surface area contributed by atoms with Crippen LogP contribution in [0.3, 0.4) is 0 Å². The fourth-order valence-corrected chi connectivity index (χ4v) is 7.13. The summed E-state index contributed by atoms with van der Waals surface area (Å²) in [4.78, 5) is 0. The van der Waals surface area contributed by atoms with Gasteiger partial charge in [0.15, 0.2) is 0 Å². The van der Waals surface area contributed by atoms with Crippen molar-refractivity contribution in [3.63, 3.8) is 0 Å². The van der Waals surface area contributed by atoms with E-state index in [1.54, 1.807) is 0 Å². The zero-order chi connectivity index (χ0) is 18.1. The molecule has 2 aromatic carbocycles. The molecule has 0 saturated carbocycles. The number of rotatable bonds is 2. The summed E-state index contributed by atoms with van der Waals surface area (Å²) in [6.45, 7) is 13.3. The summed E-state index contributed by atoms with van der Waals surface area (Å²) < 4.78 is 1.15. The molecule has 0 saturated heterocycles. The Morgan fingerprint density at radius 2 is 0.917 bits per heavy atom. The van der Waals surface area contributed by atoms with Gasteiger partial charge in [-0.15, -0.1) is 0 Å². The van der Waals surface area contributed by atoms with E-state index in [1.807, 2.05) is 0 Å². The Morgan fingerprint density at radius 3 is 1.12 bits per heavy atom. The van der Waals surface area contributed by atoms with E-state index >= 15 is 0 Å². The van der Waals surface area contributed by atoms with Crippen molar-refractivity contribution in [2.24, 2.45) is 0 Å². The number of hydrogen-bond acceptors (Lipinski definition) is 0. The molecule has 0 heterocycles. The van der Waals surface area contributed by atoms with E-state index in [0.717, 1.165) is 14.3 Å². The molecule has 0 atom stereocenters. The van der Waals surface area contributed by atoms with Crippen LogP contribution >= 0.6 is 17.0 Å². The first-order valence-corrected chi connectivity index (χ1v) is 15.8. The molecule has 0 unspecified atom stereocenters. The SMILES string of the molecule is CC(C)(C)c1ccc([C](c2ccc(C(C)(C)C)cc2)=[Zr]([Cl])[Cl])cc1. The first-order valence-electron chi connectivity index (χ1n) is 8.27. The van der Waals surface area contributed by atoms with Crippen LogP contribution in [-0.4, -0.2) is 3.21 Å². The molecule has 0 bridgehead atoms. The van der Waals surface area contributed by atoms with Crippen molar-refractivity contribution in [1.29, 1.82) is 0 Å². The monoisotopic (exact) mass is 438 g/mol. The summed E-state index contributed by atoms with van der Waals surface area (Å²) >= 11 is -2.59. The van der Waals surface area contributed by atoms with E-state index in [4.69, 9.17) is 17.0 Å². The molecule has 24 heavy (non-hydrogen) atoms. The average Bonchev–Trinajstić information content (AvgIpc) is 2.46. The molecular formula is C21H26Cl2Zr. The summed E-state index contributed by atoms with van der Waals surface area (Å²) in [5.74, 6) is 0. The van der Waals surface area contributed by atoms with Crippen molar-refractivity contribution in [3.8, 4) is 0 Å². The van der Waals surface area contributed by atoms with Gasteiger partial charge in [-0.1, -0.05) is 0 Å². The second kappa shape index (κ2) is 7.57. The van der Waals surface area contributed by atoms with E-state index in [0.29, 0.717) is 0 Å². The van der Waals surface area contributed by atoms with E-state index in [-0.39, 0.29) is 10.8 Å². The van der Waals surface area contributed by atoms with Gasteiger partial charge < -0.3 is 0 Å². The zero-order valence-corrected chi connectivity index (χ0v) is 19.3. The second-order valence-electron chi connectivity index (χ2n) is 8.29. The molecule has 0 aromatic heterocycles. The van der Waals surface area contributed by atoms with Crippen molar-refractivity contribution >= 4 is 20.2 Å². The predicted molar refractivity (Wildman–Crippen MR) is 105 cm³/mol. The Kier molecular flexibility index (Phi) is 6.33. The quantitative estimate of drug-likeness (QED) is 0.483. The molecule has 0 aliphatic rings. The summed E-state index contributed by atoms with van der Waals surface area (Å²) in [5.41, 5.74) is 5.26. The minimum atomic E-state index is -2.59. The van der Waals surface area contributed by atoms with Crippen LogP contribution in [0.5, 0.6) is 0 Å². The van der Waals surface area contributed by atoms with Crippen LogP contribution < -0.4 is 0 Å². The van der Waals surface area contributed by atoms with Gasteiger partial charge in [0, 0.05) is 0 Å². The fourth-order valence-electron chi connectivity index (χ4n) is 2.66. The normalized spacial score (nSPS) is 12.2.